The number of amides is 1. The second-order valence-corrected chi connectivity index (χ2v) is 4.93. The second-order valence-electron chi connectivity index (χ2n) is 4.04. The fourth-order valence-corrected chi connectivity index (χ4v) is 2.43. The summed E-state index contributed by atoms with van der Waals surface area (Å²) in [6.45, 7) is 5.15. The highest BCUT2D eigenvalue weighted by Crippen LogP contribution is 2.17. The fraction of sp³-hybridized carbons (Fsp3) is 0.600. The molecule has 1 saturated heterocycles. The maximum absolute atomic E-state index is 12.1. The maximum Gasteiger partial charge on any atom is 0.273 e. The number of morpholine rings is 1. The van der Waals surface area contributed by atoms with Gasteiger partial charge in [0.15, 0.2) is 5.13 Å². The number of rotatable bonds is 1. The first-order valence-corrected chi connectivity index (χ1v) is 6.10. The van der Waals surface area contributed by atoms with Crippen LogP contribution in [0, 0.1) is 0 Å². The molecule has 1 aromatic heterocycles. The quantitative estimate of drug-likeness (QED) is 0.795. The van der Waals surface area contributed by atoms with Crippen LogP contribution in [0.4, 0.5) is 5.13 Å². The third kappa shape index (κ3) is 2.33. The average molecular weight is 241 g/mol. The van der Waals surface area contributed by atoms with Crippen LogP contribution in [0.15, 0.2) is 5.38 Å². The van der Waals surface area contributed by atoms with E-state index in [-0.39, 0.29) is 18.1 Å². The molecule has 0 spiro atoms. The van der Waals surface area contributed by atoms with Gasteiger partial charge in [-0.1, -0.05) is 0 Å². The fourth-order valence-electron chi connectivity index (χ4n) is 1.89. The van der Waals surface area contributed by atoms with Crippen LogP contribution in [0.5, 0.6) is 0 Å². The molecule has 2 N–H and O–H groups in total. The van der Waals surface area contributed by atoms with Crippen LogP contribution < -0.4 is 5.73 Å². The van der Waals surface area contributed by atoms with Gasteiger partial charge in [-0.25, -0.2) is 4.98 Å². The number of ether oxygens (including phenoxy) is 1. The zero-order valence-electron chi connectivity index (χ0n) is 9.34. The van der Waals surface area contributed by atoms with Crippen molar-refractivity contribution in [3.8, 4) is 0 Å². The summed E-state index contributed by atoms with van der Waals surface area (Å²) in [6, 6.07) is 0. The van der Waals surface area contributed by atoms with Gasteiger partial charge in [-0.05, 0) is 13.8 Å². The number of thiazole rings is 1. The summed E-state index contributed by atoms with van der Waals surface area (Å²) >= 11 is 1.29. The number of carbonyl (C=O) groups is 1. The number of aromatic nitrogens is 1. The number of hydrogen-bond acceptors (Lipinski definition) is 5. The summed E-state index contributed by atoms with van der Waals surface area (Å²) in [5, 5.41) is 2.13. The van der Waals surface area contributed by atoms with Crippen molar-refractivity contribution in [2.75, 3.05) is 18.8 Å². The van der Waals surface area contributed by atoms with E-state index in [2.05, 4.69) is 4.98 Å². The molecule has 0 aliphatic carbocycles. The molecule has 0 aromatic carbocycles. The highest BCUT2D eigenvalue weighted by Gasteiger charge is 2.27. The summed E-state index contributed by atoms with van der Waals surface area (Å²) in [5.41, 5.74) is 5.95. The van der Waals surface area contributed by atoms with Crippen LogP contribution in [0.3, 0.4) is 0 Å². The van der Waals surface area contributed by atoms with E-state index in [0.717, 1.165) is 0 Å². The lowest BCUT2D eigenvalue weighted by molar-refractivity contribution is -0.0587. The Morgan fingerprint density at radius 1 is 1.56 bits per heavy atom. The van der Waals surface area contributed by atoms with Crippen molar-refractivity contribution in [3.63, 3.8) is 0 Å². The Kier molecular flexibility index (Phi) is 3.11. The molecule has 1 aromatic rings. The molecule has 1 aliphatic heterocycles. The molecule has 0 radical (unpaired) electrons. The summed E-state index contributed by atoms with van der Waals surface area (Å²) in [5.74, 6) is -0.0602. The van der Waals surface area contributed by atoms with E-state index in [1.165, 1.54) is 11.3 Å². The molecule has 0 bridgehead atoms. The van der Waals surface area contributed by atoms with E-state index in [1.807, 2.05) is 13.8 Å². The summed E-state index contributed by atoms with van der Waals surface area (Å²) in [7, 11) is 0. The summed E-state index contributed by atoms with van der Waals surface area (Å²) < 4.78 is 5.57. The van der Waals surface area contributed by atoms with Crippen LogP contribution in [-0.4, -0.2) is 41.1 Å². The number of nitrogen functional groups attached to an aromatic ring is 1. The molecule has 88 valence electrons. The second kappa shape index (κ2) is 4.39. The molecular formula is C10H15N3O2S. The van der Waals surface area contributed by atoms with Crippen LogP contribution in [-0.2, 0) is 4.74 Å². The van der Waals surface area contributed by atoms with Gasteiger partial charge < -0.3 is 15.4 Å². The maximum atomic E-state index is 12.1. The van der Waals surface area contributed by atoms with Gasteiger partial charge in [-0.2, -0.15) is 0 Å². The molecule has 2 atom stereocenters. The molecular weight excluding hydrogens is 226 g/mol. The molecule has 0 saturated carbocycles. The Hall–Kier alpha value is -1.14. The van der Waals surface area contributed by atoms with Gasteiger partial charge in [0.2, 0.25) is 0 Å². The normalized spacial score (nSPS) is 25.8. The lowest BCUT2D eigenvalue weighted by atomic mass is 10.2. The molecule has 6 heteroatoms. The van der Waals surface area contributed by atoms with Gasteiger partial charge in [0, 0.05) is 18.5 Å². The van der Waals surface area contributed by atoms with Gasteiger partial charge in [0.25, 0.3) is 5.91 Å². The van der Waals surface area contributed by atoms with Crippen molar-refractivity contribution in [2.45, 2.75) is 26.1 Å². The molecule has 2 unspecified atom stereocenters. The van der Waals surface area contributed by atoms with Crippen molar-refractivity contribution < 1.29 is 9.53 Å². The van der Waals surface area contributed by atoms with Gasteiger partial charge in [-0.15, -0.1) is 11.3 Å². The zero-order valence-corrected chi connectivity index (χ0v) is 10.2. The Labute approximate surface area is 98.2 Å². The van der Waals surface area contributed by atoms with E-state index in [4.69, 9.17) is 10.5 Å². The SMILES string of the molecule is CC1CN(C(=O)c2csc(N)n2)CC(C)O1. The van der Waals surface area contributed by atoms with E-state index in [9.17, 15) is 4.79 Å². The topological polar surface area (TPSA) is 68.5 Å². The lowest BCUT2D eigenvalue weighted by Crippen LogP contribution is -2.48. The molecule has 2 heterocycles. The van der Waals surface area contributed by atoms with E-state index < -0.39 is 0 Å². The van der Waals surface area contributed by atoms with E-state index >= 15 is 0 Å². The third-order valence-electron chi connectivity index (χ3n) is 2.45. The van der Waals surface area contributed by atoms with Gasteiger partial charge in [0.1, 0.15) is 5.69 Å². The van der Waals surface area contributed by atoms with Crippen molar-refractivity contribution in [2.24, 2.45) is 0 Å². The minimum atomic E-state index is -0.0602. The van der Waals surface area contributed by atoms with Crippen molar-refractivity contribution in [1.82, 2.24) is 9.88 Å². The first-order chi connectivity index (χ1) is 7.56. The molecule has 16 heavy (non-hydrogen) atoms. The summed E-state index contributed by atoms with van der Waals surface area (Å²) in [4.78, 5) is 17.8. The number of nitrogens with zero attached hydrogens (tertiary/aromatic N) is 2. The van der Waals surface area contributed by atoms with Crippen molar-refractivity contribution in [1.29, 1.82) is 0 Å². The predicted octanol–water partition coefficient (Wildman–Crippen LogP) is 0.975. The predicted molar refractivity (Wildman–Crippen MR) is 62.4 cm³/mol. The van der Waals surface area contributed by atoms with Gasteiger partial charge in [-0.3, -0.25) is 4.79 Å². The highest BCUT2D eigenvalue weighted by molar-refractivity contribution is 7.13. The van der Waals surface area contributed by atoms with Gasteiger partial charge in [0.05, 0.1) is 12.2 Å². The minimum Gasteiger partial charge on any atom is -0.375 e. The number of anilines is 1. The van der Waals surface area contributed by atoms with Crippen LogP contribution in [0.1, 0.15) is 24.3 Å². The Morgan fingerprint density at radius 2 is 2.19 bits per heavy atom. The third-order valence-corrected chi connectivity index (χ3v) is 3.12. The van der Waals surface area contributed by atoms with Crippen LogP contribution in [0.25, 0.3) is 0 Å². The molecule has 1 fully saturated rings. The standard InChI is InChI=1S/C10H15N3O2S/c1-6-3-13(4-7(2)15-6)9(14)8-5-16-10(11)12-8/h5-7H,3-4H2,1-2H3,(H2,11,12). The average Bonchev–Trinajstić information content (AvgIpc) is 2.62. The lowest BCUT2D eigenvalue weighted by Gasteiger charge is -2.34. The van der Waals surface area contributed by atoms with Crippen molar-refractivity contribution in [3.05, 3.63) is 11.1 Å². The Balaban J connectivity index is 2.09. The van der Waals surface area contributed by atoms with Crippen LogP contribution >= 0.6 is 11.3 Å². The Morgan fingerprint density at radius 3 is 2.69 bits per heavy atom. The monoisotopic (exact) mass is 241 g/mol. The van der Waals surface area contributed by atoms with E-state index in [0.29, 0.717) is 23.9 Å². The Bertz CT molecular complexity index is 383. The first-order valence-electron chi connectivity index (χ1n) is 5.22. The van der Waals surface area contributed by atoms with Crippen molar-refractivity contribution >= 4 is 22.4 Å². The largest absolute Gasteiger partial charge is 0.375 e. The zero-order chi connectivity index (χ0) is 11.7. The van der Waals surface area contributed by atoms with Crippen LogP contribution in [0.2, 0.25) is 0 Å². The van der Waals surface area contributed by atoms with Gasteiger partial charge >= 0.3 is 0 Å². The highest BCUT2D eigenvalue weighted by atomic mass is 32.1. The molecule has 1 aliphatic rings. The smallest absolute Gasteiger partial charge is 0.273 e. The molecule has 1 amide bonds. The minimum absolute atomic E-state index is 0.0602. The molecule has 2 rings (SSSR count). The number of hydrogen-bond donors (Lipinski definition) is 1. The number of carbonyl (C=O) groups excluding carboxylic acids is 1. The molecule has 5 nitrogen and oxygen atoms in total. The van der Waals surface area contributed by atoms with E-state index in [1.54, 1.807) is 10.3 Å². The number of nitrogens with two attached hydrogens (primary N) is 1. The summed E-state index contributed by atoms with van der Waals surface area (Å²) in [6.07, 6.45) is 0.146. The first kappa shape index (κ1) is 11.3.